The van der Waals surface area contributed by atoms with Crippen LogP contribution in [0.1, 0.15) is 32.1 Å². The molecule has 0 aromatic heterocycles. The lowest BCUT2D eigenvalue weighted by atomic mass is 9.96. The fraction of sp³-hybridized carbons (Fsp3) is 1.00. The van der Waals surface area contributed by atoms with E-state index in [4.69, 9.17) is 19.6 Å². The zero-order chi connectivity index (χ0) is 11.7. The molecule has 0 amide bonds. The summed E-state index contributed by atoms with van der Waals surface area (Å²) in [7, 11) is -9.79. The normalized spacial score (nSPS) is 20.9. The van der Waals surface area contributed by atoms with Gasteiger partial charge >= 0.3 is 15.5 Å². The summed E-state index contributed by atoms with van der Waals surface area (Å²) in [6.45, 7) is 0. The summed E-state index contributed by atoms with van der Waals surface area (Å²) in [5, 5.41) is 0. The van der Waals surface area contributed by atoms with Crippen molar-refractivity contribution >= 4 is 15.5 Å². The van der Waals surface area contributed by atoms with Crippen LogP contribution in [0.4, 0.5) is 0 Å². The largest absolute Gasteiger partial charge is 0.412 e. The first-order chi connectivity index (χ1) is 6.73. The molecule has 1 fully saturated rings. The van der Waals surface area contributed by atoms with Crippen LogP contribution in [0.25, 0.3) is 0 Å². The van der Waals surface area contributed by atoms with Gasteiger partial charge in [0.2, 0.25) is 0 Å². The topological polar surface area (TPSA) is 118 Å². The molecule has 0 spiro atoms. The highest BCUT2D eigenvalue weighted by Crippen LogP contribution is 2.60. The van der Waals surface area contributed by atoms with E-state index in [-0.39, 0.29) is 4.44 Å². The van der Waals surface area contributed by atoms with E-state index in [0.29, 0.717) is 12.8 Å². The predicted molar refractivity (Wildman–Crippen MR) is 52.8 cm³/mol. The molecular weight excluding hydrogens is 244 g/mol. The molecule has 1 aliphatic carbocycles. The molecule has 0 unspecified atom stereocenters. The minimum absolute atomic E-state index is 0.0686. The molecule has 1 aliphatic rings. The van der Waals surface area contributed by atoms with E-state index in [0.717, 1.165) is 19.3 Å². The molecule has 0 bridgehead atoms. The van der Waals surface area contributed by atoms with E-state index >= 15 is 0 Å². The minimum atomic E-state index is -4.90. The molecule has 90 valence electrons. The van der Waals surface area contributed by atoms with Crippen molar-refractivity contribution in [3.05, 3.63) is 0 Å². The Kier molecular flexibility index (Phi) is 4.12. The molecule has 0 heterocycles. The lowest BCUT2D eigenvalue weighted by molar-refractivity contribution is 0.214. The maximum Gasteiger partial charge on any atom is 0.412 e. The summed E-state index contributed by atoms with van der Waals surface area (Å²) >= 11 is 0. The van der Waals surface area contributed by atoms with E-state index in [1.807, 2.05) is 0 Å². The zero-order valence-corrected chi connectivity index (χ0v) is 9.85. The highest BCUT2D eigenvalue weighted by molar-refractivity contribution is 7.65. The van der Waals surface area contributed by atoms with Crippen molar-refractivity contribution in [2.24, 2.45) is 0 Å². The van der Waals surface area contributed by atoms with Crippen LogP contribution in [0.3, 0.4) is 0 Å². The van der Waals surface area contributed by atoms with Gasteiger partial charge in [-0.05, 0) is 12.8 Å². The molecule has 9 heteroatoms. The molecule has 0 aromatic carbocycles. The SMILES string of the molecule is O=P(O)(O)N(C1CCCCC1)P(=O)(O)O. The predicted octanol–water partition coefficient (Wildman–Crippen LogP) is 0.806. The highest BCUT2D eigenvalue weighted by Gasteiger charge is 2.44. The second kappa shape index (κ2) is 4.63. The van der Waals surface area contributed by atoms with Crippen molar-refractivity contribution in [2.45, 2.75) is 38.1 Å². The summed E-state index contributed by atoms with van der Waals surface area (Å²) in [5.41, 5.74) is 0. The second-order valence-corrected chi connectivity index (χ2v) is 6.87. The Balaban J connectivity index is 2.91. The van der Waals surface area contributed by atoms with E-state index in [1.165, 1.54) is 0 Å². The summed E-state index contributed by atoms with van der Waals surface area (Å²) in [4.78, 5) is 35.6. The maximum absolute atomic E-state index is 11.0. The van der Waals surface area contributed by atoms with Gasteiger partial charge in [0.05, 0.1) is 0 Å². The van der Waals surface area contributed by atoms with Crippen molar-refractivity contribution < 1.29 is 28.7 Å². The first-order valence-corrected chi connectivity index (χ1v) is 7.77. The molecule has 0 radical (unpaired) electrons. The molecule has 4 N–H and O–H groups in total. The fourth-order valence-electron chi connectivity index (χ4n) is 1.89. The van der Waals surface area contributed by atoms with Crippen LogP contribution in [0.5, 0.6) is 0 Å². The standard InChI is InChI=1S/C6H15NO6P2/c8-14(9,10)7(15(11,12)13)6-4-2-1-3-5-6/h6H,1-5H2,(H2,8,9,10)(H2,11,12,13). The minimum Gasteiger partial charge on any atom is -0.312 e. The van der Waals surface area contributed by atoms with Crippen molar-refractivity contribution in [2.75, 3.05) is 0 Å². The Bertz CT molecular complexity index is 281. The Hall–Kier alpha value is 0.260. The second-order valence-electron chi connectivity index (χ2n) is 3.64. The maximum atomic E-state index is 11.0. The van der Waals surface area contributed by atoms with Gasteiger partial charge in [0.25, 0.3) is 0 Å². The lowest BCUT2D eigenvalue weighted by Gasteiger charge is -2.33. The van der Waals surface area contributed by atoms with Crippen LogP contribution in [0, 0.1) is 0 Å². The van der Waals surface area contributed by atoms with Gasteiger partial charge in [0.15, 0.2) is 0 Å². The molecule has 15 heavy (non-hydrogen) atoms. The Morgan fingerprint density at radius 2 is 1.27 bits per heavy atom. The van der Waals surface area contributed by atoms with Gasteiger partial charge in [0, 0.05) is 6.04 Å². The van der Waals surface area contributed by atoms with Crippen molar-refractivity contribution in [1.29, 1.82) is 0 Å². The summed E-state index contributed by atoms with van der Waals surface area (Å²) in [6.07, 6.45) is 3.24. The number of rotatable bonds is 3. The molecule has 0 saturated heterocycles. The van der Waals surface area contributed by atoms with E-state index in [1.54, 1.807) is 0 Å². The summed E-state index contributed by atoms with van der Waals surface area (Å²) in [5.74, 6) is 0. The molecule has 0 aromatic rings. The fourth-order valence-corrected chi connectivity index (χ4v) is 4.42. The van der Waals surface area contributed by atoms with Crippen LogP contribution < -0.4 is 0 Å². The third-order valence-corrected chi connectivity index (χ3v) is 5.55. The molecule has 1 saturated carbocycles. The van der Waals surface area contributed by atoms with Crippen molar-refractivity contribution in [1.82, 2.24) is 4.44 Å². The third-order valence-electron chi connectivity index (χ3n) is 2.44. The van der Waals surface area contributed by atoms with Crippen molar-refractivity contribution in [3.8, 4) is 0 Å². The lowest BCUT2D eigenvalue weighted by Crippen LogP contribution is -2.31. The zero-order valence-electron chi connectivity index (χ0n) is 8.06. The molecule has 0 aliphatic heterocycles. The first kappa shape index (κ1) is 13.3. The smallest absolute Gasteiger partial charge is 0.312 e. The Labute approximate surface area is 87.5 Å². The summed E-state index contributed by atoms with van der Waals surface area (Å²) in [6, 6.07) is -0.722. The van der Waals surface area contributed by atoms with Crippen molar-refractivity contribution in [3.63, 3.8) is 0 Å². The van der Waals surface area contributed by atoms with E-state index in [2.05, 4.69) is 0 Å². The van der Waals surface area contributed by atoms with Gasteiger partial charge in [0.1, 0.15) is 0 Å². The van der Waals surface area contributed by atoms with Crippen LogP contribution in [-0.4, -0.2) is 30.1 Å². The number of hydrogen-bond donors (Lipinski definition) is 4. The molecular formula is C6H15NO6P2. The van der Waals surface area contributed by atoms with Crippen LogP contribution in [0.15, 0.2) is 0 Å². The number of hydrogen-bond acceptors (Lipinski definition) is 2. The van der Waals surface area contributed by atoms with E-state index < -0.39 is 21.5 Å². The average molecular weight is 259 g/mol. The highest BCUT2D eigenvalue weighted by atomic mass is 31.3. The Morgan fingerprint density at radius 1 is 0.867 bits per heavy atom. The Morgan fingerprint density at radius 3 is 1.60 bits per heavy atom. The summed E-state index contributed by atoms with van der Waals surface area (Å²) < 4.78 is 22.1. The van der Waals surface area contributed by atoms with Crippen LogP contribution >= 0.6 is 15.5 Å². The molecule has 7 nitrogen and oxygen atoms in total. The monoisotopic (exact) mass is 259 g/mol. The first-order valence-electron chi connectivity index (χ1n) is 4.64. The van der Waals surface area contributed by atoms with Gasteiger partial charge in [-0.3, -0.25) is 0 Å². The van der Waals surface area contributed by atoms with Gasteiger partial charge in [-0.25, -0.2) is 9.13 Å². The van der Waals surface area contributed by atoms with Gasteiger partial charge in [-0.2, -0.15) is 0 Å². The molecule has 1 rings (SSSR count). The third kappa shape index (κ3) is 3.64. The van der Waals surface area contributed by atoms with Gasteiger partial charge in [-0.15, -0.1) is 4.44 Å². The molecule has 0 atom stereocenters. The van der Waals surface area contributed by atoms with Crippen LogP contribution in [-0.2, 0) is 9.13 Å². The van der Waals surface area contributed by atoms with E-state index in [9.17, 15) is 9.13 Å². The van der Waals surface area contributed by atoms with Gasteiger partial charge in [-0.1, -0.05) is 19.3 Å². The quantitative estimate of drug-likeness (QED) is 0.553. The number of nitrogens with zero attached hydrogens (tertiary/aromatic N) is 1. The van der Waals surface area contributed by atoms with Crippen LogP contribution in [0.2, 0.25) is 0 Å². The van der Waals surface area contributed by atoms with Gasteiger partial charge < -0.3 is 19.6 Å². The average Bonchev–Trinajstić information content (AvgIpc) is 2.00.